The fraction of sp³-hybridized carbons (Fsp3) is 0.478. The number of hydrogen-bond donors (Lipinski definition) is 4. The van der Waals surface area contributed by atoms with Crippen LogP contribution < -0.4 is 15.4 Å². The number of benzene rings is 3. The van der Waals surface area contributed by atoms with Gasteiger partial charge in [0.15, 0.2) is 0 Å². The van der Waals surface area contributed by atoms with Crippen molar-refractivity contribution in [2.75, 3.05) is 14.2 Å². The van der Waals surface area contributed by atoms with Crippen molar-refractivity contribution in [2.45, 2.75) is 124 Å². The van der Waals surface area contributed by atoms with Crippen LogP contribution in [0.3, 0.4) is 0 Å². The number of carbonyl (C=O) groups is 4. The lowest BCUT2D eigenvalue weighted by molar-refractivity contribution is -0.139. The Morgan fingerprint density at radius 3 is 2.07 bits per heavy atom. The molecule has 0 saturated heterocycles. The Hall–Kier alpha value is -6.12. The summed E-state index contributed by atoms with van der Waals surface area (Å²) in [6, 6.07) is 12.0. The van der Waals surface area contributed by atoms with E-state index < -0.39 is 30.3 Å². The first-order valence-electron chi connectivity index (χ1n) is 21.3. The van der Waals surface area contributed by atoms with E-state index in [9.17, 15) is 19.2 Å². The second kappa shape index (κ2) is 18.7. The van der Waals surface area contributed by atoms with Crippen LogP contribution in [0.15, 0.2) is 48.7 Å². The standard InChI is InChI=1S/C46H60N8O7/c1-12-25(6)53(43(55)35(14-3)50-45(57)59-10)27(8)41-47-22-37(49-41)30-15-17-32-31(19-30)23-61-38-21-33-29(20-34(32)38)16-18-36-40(33)51-42(48-36)28(9)54(26(7)13-2)44(56)39(24(4)5)52-46(58)60-11/h15-22,24-28,35,39H,12-14,23H2,1-11H3,(H,47,49)(H,48,51)(H,50,57)(H,52,58)/t25-,26-,27-,28-,35?,39-/m0/s1. The highest BCUT2D eigenvalue weighted by molar-refractivity contribution is 6.07. The van der Waals surface area contributed by atoms with Crippen molar-refractivity contribution in [1.29, 1.82) is 0 Å². The first-order chi connectivity index (χ1) is 29.1. The van der Waals surface area contributed by atoms with E-state index in [0.29, 0.717) is 31.1 Å². The number of amides is 4. The summed E-state index contributed by atoms with van der Waals surface area (Å²) < 4.78 is 16.0. The Morgan fingerprint density at radius 2 is 1.43 bits per heavy atom. The summed E-state index contributed by atoms with van der Waals surface area (Å²) >= 11 is 0. The number of fused-ring (bicyclic) bond motifs is 6. The average Bonchev–Trinajstić information content (AvgIpc) is 3.95. The van der Waals surface area contributed by atoms with Gasteiger partial charge in [-0.25, -0.2) is 19.6 Å². The summed E-state index contributed by atoms with van der Waals surface area (Å²) in [4.78, 5) is 72.3. The van der Waals surface area contributed by atoms with Crippen LogP contribution in [0.5, 0.6) is 5.75 Å². The molecule has 3 aromatic carbocycles. The SMILES string of the molecule is CCC(NC(=O)OC)C(=O)N([C@@H](C)CC)[C@@H](C)c1ncc(-c2ccc3c(c2)COc2cc4c(ccc5nc([C@H](C)N(C(=O)[C@@H](NC(=O)OC)C(C)C)[C@@H](C)CC)[nH]c54)cc2-3)[nH]1. The van der Waals surface area contributed by atoms with Gasteiger partial charge >= 0.3 is 12.2 Å². The fourth-order valence-electron chi connectivity index (χ4n) is 8.19. The first kappa shape index (κ1) is 44.4. The Kier molecular flexibility index (Phi) is 13.6. The molecule has 0 saturated carbocycles. The predicted molar refractivity (Wildman–Crippen MR) is 235 cm³/mol. The summed E-state index contributed by atoms with van der Waals surface area (Å²) in [5, 5.41) is 7.36. The molecule has 0 bridgehead atoms. The van der Waals surface area contributed by atoms with Gasteiger partial charge in [-0.2, -0.15) is 0 Å². The molecule has 61 heavy (non-hydrogen) atoms. The summed E-state index contributed by atoms with van der Waals surface area (Å²) in [5.74, 6) is 1.48. The molecule has 15 heteroatoms. The molecule has 15 nitrogen and oxygen atoms in total. The van der Waals surface area contributed by atoms with Gasteiger partial charge in [-0.1, -0.05) is 52.8 Å². The van der Waals surface area contributed by atoms with Crippen molar-refractivity contribution in [3.8, 4) is 28.1 Å². The lowest BCUT2D eigenvalue weighted by Crippen LogP contribution is -2.54. The molecule has 0 radical (unpaired) electrons. The predicted octanol–water partition coefficient (Wildman–Crippen LogP) is 8.56. The number of ether oxygens (including phenoxy) is 3. The van der Waals surface area contributed by atoms with Crippen LogP contribution in [0.4, 0.5) is 9.59 Å². The van der Waals surface area contributed by atoms with Crippen LogP contribution >= 0.6 is 0 Å². The quantitative estimate of drug-likeness (QED) is 0.0803. The number of aromatic nitrogens is 4. The van der Waals surface area contributed by atoms with E-state index in [1.807, 2.05) is 68.4 Å². The highest BCUT2D eigenvalue weighted by Crippen LogP contribution is 2.43. The molecular weight excluding hydrogens is 777 g/mol. The maximum absolute atomic E-state index is 14.1. The molecule has 6 rings (SSSR count). The number of aromatic amines is 2. The van der Waals surface area contributed by atoms with Gasteiger partial charge in [-0.05, 0) is 99.2 Å². The van der Waals surface area contributed by atoms with Crippen LogP contribution in [0.25, 0.3) is 44.2 Å². The molecule has 0 spiro atoms. The molecule has 2 aromatic heterocycles. The topological polar surface area (TPSA) is 184 Å². The Bertz CT molecular complexity index is 2410. The lowest BCUT2D eigenvalue weighted by atomic mass is 9.92. The summed E-state index contributed by atoms with van der Waals surface area (Å²) in [6.45, 7) is 18.0. The van der Waals surface area contributed by atoms with Gasteiger partial charge in [0.05, 0.1) is 49.2 Å². The molecule has 0 aliphatic carbocycles. The van der Waals surface area contributed by atoms with Gasteiger partial charge < -0.3 is 44.6 Å². The molecule has 3 heterocycles. The zero-order valence-corrected chi connectivity index (χ0v) is 37.1. The lowest BCUT2D eigenvalue weighted by Gasteiger charge is -2.37. The van der Waals surface area contributed by atoms with Crippen LogP contribution in [0.1, 0.15) is 111 Å². The van der Waals surface area contributed by atoms with Gasteiger partial charge in [-0.15, -0.1) is 0 Å². The molecule has 1 aliphatic heterocycles. The molecule has 4 N–H and O–H groups in total. The van der Waals surface area contributed by atoms with Gasteiger partial charge in [0.25, 0.3) is 0 Å². The van der Waals surface area contributed by atoms with Gasteiger partial charge in [0.2, 0.25) is 11.8 Å². The van der Waals surface area contributed by atoms with Crippen molar-refractivity contribution in [2.24, 2.45) is 5.92 Å². The molecular formula is C46H60N8O7. The second-order valence-corrected chi connectivity index (χ2v) is 16.3. The molecule has 1 unspecified atom stereocenters. The fourth-order valence-corrected chi connectivity index (χ4v) is 8.19. The molecule has 326 valence electrons. The number of rotatable bonds is 15. The smallest absolute Gasteiger partial charge is 0.407 e. The number of imidazole rings is 2. The monoisotopic (exact) mass is 836 g/mol. The van der Waals surface area contributed by atoms with E-state index >= 15 is 0 Å². The maximum atomic E-state index is 14.1. The summed E-state index contributed by atoms with van der Waals surface area (Å²) in [6.07, 6.45) is 2.35. The third-order valence-electron chi connectivity index (χ3n) is 12.1. The Labute approximate surface area is 357 Å². The highest BCUT2D eigenvalue weighted by atomic mass is 16.5. The van der Waals surface area contributed by atoms with Crippen molar-refractivity contribution in [3.63, 3.8) is 0 Å². The van der Waals surface area contributed by atoms with E-state index in [0.717, 1.165) is 61.9 Å². The van der Waals surface area contributed by atoms with Gasteiger partial charge in [0, 0.05) is 23.0 Å². The maximum Gasteiger partial charge on any atom is 0.407 e. The Balaban J connectivity index is 1.27. The molecule has 1 aliphatic rings. The van der Waals surface area contributed by atoms with E-state index in [1.54, 1.807) is 16.0 Å². The zero-order chi connectivity index (χ0) is 44.3. The largest absolute Gasteiger partial charge is 0.488 e. The number of methoxy groups -OCH3 is 2. The van der Waals surface area contributed by atoms with Crippen LogP contribution in [-0.4, -0.2) is 92.1 Å². The molecule has 0 fully saturated rings. The second-order valence-electron chi connectivity index (χ2n) is 16.3. The van der Waals surface area contributed by atoms with Crippen molar-refractivity contribution >= 4 is 45.8 Å². The third-order valence-corrected chi connectivity index (χ3v) is 12.1. The summed E-state index contributed by atoms with van der Waals surface area (Å²) in [5.41, 5.74) is 6.44. The minimum absolute atomic E-state index is 0.104. The van der Waals surface area contributed by atoms with E-state index in [4.69, 9.17) is 24.2 Å². The van der Waals surface area contributed by atoms with E-state index in [2.05, 4.69) is 57.0 Å². The average molecular weight is 837 g/mol. The molecule has 4 amide bonds. The number of nitrogens with one attached hydrogen (secondary N) is 4. The zero-order valence-electron chi connectivity index (χ0n) is 37.1. The minimum atomic E-state index is -0.766. The number of alkyl carbamates (subject to hydrolysis) is 2. The first-order valence-corrected chi connectivity index (χ1v) is 21.3. The van der Waals surface area contributed by atoms with Gasteiger partial charge in [0.1, 0.15) is 36.1 Å². The van der Waals surface area contributed by atoms with Gasteiger partial charge in [-0.3, -0.25) is 9.59 Å². The van der Waals surface area contributed by atoms with Crippen molar-refractivity contribution in [3.05, 3.63) is 65.9 Å². The highest BCUT2D eigenvalue weighted by Gasteiger charge is 2.36. The van der Waals surface area contributed by atoms with Crippen molar-refractivity contribution < 1.29 is 33.4 Å². The van der Waals surface area contributed by atoms with Crippen molar-refractivity contribution in [1.82, 2.24) is 40.4 Å². The van der Waals surface area contributed by atoms with Crippen LogP contribution in [0.2, 0.25) is 0 Å². The van der Waals surface area contributed by atoms with Crippen LogP contribution in [0, 0.1) is 5.92 Å². The minimum Gasteiger partial charge on any atom is -0.488 e. The van der Waals surface area contributed by atoms with E-state index in [1.165, 1.54) is 14.2 Å². The number of carbonyl (C=O) groups excluding carboxylic acids is 4. The normalized spacial score (nSPS) is 15.1. The molecule has 6 atom stereocenters. The number of H-pyrrole nitrogens is 2. The number of hydrogen-bond acceptors (Lipinski definition) is 9. The Morgan fingerprint density at radius 1 is 0.770 bits per heavy atom. The summed E-state index contributed by atoms with van der Waals surface area (Å²) in [7, 11) is 2.57. The van der Waals surface area contributed by atoms with Crippen LogP contribution in [-0.2, 0) is 25.7 Å². The third kappa shape index (κ3) is 8.87. The van der Waals surface area contributed by atoms with E-state index in [-0.39, 0.29) is 35.9 Å². The molecule has 5 aromatic rings. The number of nitrogens with zero attached hydrogens (tertiary/aromatic N) is 4.